The molecule has 0 aliphatic carbocycles. The third kappa shape index (κ3) is 10.1. The van der Waals surface area contributed by atoms with Gasteiger partial charge in [0.05, 0.1) is 13.2 Å². The fraction of sp³-hybridized carbons (Fsp3) is 0.600. The first kappa shape index (κ1) is 30.7. The van der Waals surface area contributed by atoms with Gasteiger partial charge in [0.15, 0.2) is 11.5 Å². The molecule has 0 bridgehead atoms. The van der Waals surface area contributed by atoms with Crippen LogP contribution in [0.5, 0.6) is 11.5 Å². The van der Waals surface area contributed by atoms with Crippen molar-refractivity contribution < 1.29 is 48.0 Å². The number of hydrogen-bond acceptors (Lipinski definition) is 10. The SMILES string of the molecule is CCCOC(=O)Oc1ccc(C[C@](NC(C)CC)(OC(=O)CCC)C(=O)O)cc1OC(=O)OCCC. The first-order valence-electron chi connectivity index (χ1n) is 12.2. The number of hydrogen-bond donors (Lipinski definition) is 2. The van der Waals surface area contributed by atoms with Crippen molar-refractivity contribution in [3.05, 3.63) is 23.8 Å². The highest BCUT2D eigenvalue weighted by Gasteiger charge is 2.44. The topological polar surface area (TPSA) is 147 Å². The Morgan fingerprint density at radius 1 is 0.917 bits per heavy atom. The summed E-state index contributed by atoms with van der Waals surface area (Å²) < 4.78 is 25.7. The van der Waals surface area contributed by atoms with Gasteiger partial charge in [-0.1, -0.05) is 33.8 Å². The minimum absolute atomic E-state index is 0.0432. The monoisotopic (exact) mass is 511 g/mol. The number of esters is 1. The Kier molecular flexibility index (Phi) is 13.3. The third-order valence-corrected chi connectivity index (χ3v) is 4.88. The van der Waals surface area contributed by atoms with E-state index in [1.807, 2.05) is 20.8 Å². The fourth-order valence-electron chi connectivity index (χ4n) is 2.97. The van der Waals surface area contributed by atoms with Gasteiger partial charge >= 0.3 is 24.2 Å². The van der Waals surface area contributed by atoms with Gasteiger partial charge in [-0.3, -0.25) is 10.1 Å². The van der Waals surface area contributed by atoms with Crippen molar-refractivity contribution in [3.8, 4) is 11.5 Å². The lowest BCUT2D eigenvalue weighted by Gasteiger charge is -2.33. The Morgan fingerprint density at radius 2 is 1.50 bits per heavy atom. The van der Waals surface area contributed by atoms with Crippen LogP contribution in [0.2, 0.25) is 0 Å². The van der Waals surface area contributed by atoms with Gasteiger partial charge in [-0.25, -0.2) is 14.4 Å². The van der Waals surface area contributed by atoms with E-state index in [9.17, 15) is 24.3 Å². The van der Waals surface area contributed by atoms with Crippen LogP contribution in [0.4, 0.5) is 9.59 Å². The Labute approximate surface area is 211 Å². The van der Waals surface area contributed by atoms with Crippen LogP contribution >= 0.6 is 0 Å². The zero-order chi connectivity index (χ0) is 27.1. The van der Waals surface area contributed by atoms with Crippen LogP contribution in [0.25, 0.3) is 0 Å². The molecule has 0 saturated heterocycles. The second-order valence-electron chi connectivity index (χ2n) is 8.17. The molecule has 1 aromatic carbocycles. The molecule has 0 aliphatic rings. The molecule has 0 spiro atoms. The van der Waals surface area contributed by atoms with E-state index in [-0.39, 0.29) is 43.6 Å². The highest BCUT2D eigenvalue weighted by Crippen LogP contribution is 2.31. The van der Waals surface area contributed by atoms with Gasteiger partial charge in [-0.2, -0.15) is 0 Å². The van der Waals surface area contributed by atoms with Gasteiger partial charge < -0.3 is 28.8 Å². The largest absolute Gasteiger partial charge is 0.513 e. The van der Waals surface area contributed by atoms with Crippen molar-refractivity contribution in [1.82, 2.24) is 5.32 Å². The summed E-state index contributed by atoms with van der Waals surface area (Å²) in [5.74, 6) is -2.38. The normalized spacial score (nSPS) is 13.1. The van der Waals surface area contributed by atoms with Gasteiger partial charge in [0.1, 0.15) is 0 Å². The molecule has 36 heavy (non-hydrogen) atoms. The van der Waals surface area contributed by atoms with Crippen molar-refractivity contribution >= 4 is 24.2 Å². The second kappa shape index (κ2) is 15.6. The predicted octanol–water partition coefficient (Wildman–Crippen LogP) is 4.59. The maximum absolute atomic E-state index is 12.4. The van der Waals surface area contributed by atoms with Crippen molar-refractivity contribution in [1.29, 1.82) is 0 Å². The zero-order valence-corrected chi connectivity index (χ0v) is 21.6. The predicted molar refractivity (Wildman–Crippen MR) is 129 cm³/mol. The Morgan fingerprint density at radius 3 is 2.00 bits per heavy atom. The maximum Gasteiger partial charge on any atom is 0.513 e. The molecule has 0 heterocycles. The van der Waals surface area contributed by atoms with Crippen LogP contribution in [0, 0.1) is 0 Å². The van der Waals surface area contributed by atoms with Crippen molar-refractivity contribution in [2.24, 2.45) is 0 Å². The molecule has 11 heteroatoms. The van der Waals surface area contributed by atoms with Gasteiger partial charge in [0, 0.05) is 18.9 Å². The summed E-state index contributed by atoms with van der Waals surface area (Å²) in [6, 6.07) is 3.82. The summed E-state index contributed by atoms with van der Waals surface area (Å²) in [7, 11) is 0. The number of carboxylic acids is 1. The second-order valence-corrected chi connectivity index (χ2v) is 8.17. The number of ether oxygens (including phenoxy) is 5. The molecule has 2 atom stereocenters. The summed E-state index contributed by atoms with van der Waals surface area (Å²) in [5, 5.41) is 13.0. The van der Waals surface area contributed by atoms with E-state index in [0.29, 0.717) is 31.2 Å². The molecule has 0 aliphatic heterocycles. The molecule has 1 rings (SSSR count). The molecule has 0 aromatic heterocycles. The highest BCUT2D eigenvalue weighted by molar-refractivity contribution is 5.82. The molecular weight excluding hydrogens is 474 g/mol. The molecule has 1 unspecified atom stereocenters. The molecule has 0 saturated carbocycles. The first-order chi connectivity index (χ1) is 17.1. The van der Waals surface area contributed by atoms with Crippen LogP contribution in [-0.4, -0.2) is 54.3 Å². The molecule has 1 aromatic rings. The molecular formula is C25H37NO10. The van der Waals surface area contributed by atoms with E-state index in [2.05, 4.69) is 5.32 Å². The number of aliphatic carboxylic acids is 1. The standard InChI is InChI=1S/C25H37NO10/c1-6-10-21(27)36-25(22(28)29,26-17(5)9-4)16-18-11-12-19(34-23(30)32-13-7-2)20(15-18)35-24(31)33-14-8-3/h11-12,15,17,26H,6-10,13-14,16H2,1-5H3,(H,28,29)/t17?,25-/m0/s1. The maximum atomic E-state index is 12.4. The summed E-state index contributed by atoms with van der Waals surface area (Å²) in [6.45, 7) is 9.27. The molecule has 0 amide bonds. The van der Waals surface area contributed by atoms with E-state index in [0.717, 1.165) is 0 Å². The summed E-state index contributed by atoms with van der Waals surface area (Å²) in [6.07, 6.45) is -0.0864. The van der Waals surface area contributed by atoms with E-state index >= 15 is 0 Å². The first-order valence-corrected chi connectivity index (χ1v) is 12.2. The lowest BCUT2D eigenvalue weighted by molar-refractivity contribution is -0.184. The Hall–Kier alpha value is -3.34. The molecule has 0 radical (unpaired) electrons. The van der Waals surface area contributed by atoms with E-state index in [1.165, 1.54) is 18.2 Å². The van der Waals surface area contributed by atoms with E-state index in [1.54, 1.807) is 13.8 Å². The number of nitrogens with one attached hydrogen (secondary N) is 1. The van der Waals surface area contributed by atoms with Crippen LogP contribution in [-0.2, 0) is 30.2 Å². The smallest absolute Gasteiger partial charge is 0.477 e. The summed E-state index contributed by atoms with van der Waals surface area (Å²) in [5.41, 5.74) is -1.76. The quantitative estimate of drug-likeness (QED) is 0.147. The average molecular weight is 512 g/mol. The minimum atomic E-state index is -2.08. The molecule has 2 N–H and O–H groups in total. The Balaban J connectivity index is 3.38. The number of benzene rings is 1. The van der Waals surface area contributed by atoms with E-state index in [4.69, 9.17) is 23.7 Å². The summed E-state index contributed by atoms with van der Waals surface area (Å²) in [4.78, 5) is 48.8. The van der Waals surface area contributed by atoms with Crippen LogP contribution in [0.15, 0.2) is 18.2 Å². The lowest BCUT2D eigenvalue weighted by atomic mass is 10.00. The number of carbonyl (C=O) groups is 4. The number of carboxylic acid groups (broad SMARTS) is 1. The average Bonchev–Trinajstić information content (AvgIpc) is 2.82. The van der Waals surface area contributed by atoms with Gasteiger partial charge in [0.2, 0.25) is 0 Å². The van der Waals surface area contributed by atoms with Gasteiger partial charge in [-0.05, 0) is 50.3 Å². The van der Waals surface area contributed by atoms with Crippen LogP contribution < -0.4 is 14.8 Å². The van der Waals surface area contributed by atoms with Crippen LogP contribution in [0.1, 0.15) is 72.3 Å². The summed E-state index contributed by atoms with van der Waals surface area (Å²) >= 11 is 0. The van der Waals surface area contributed by atoms with Crippen molar-refractivity contribution in [2.75, 3.05) is 13.2 Å². The molecule has 0 fully saturated rings. The Bertz CT molecular complexity index is 888. The number of rotatable bonds is 15. The minimum Gasteiger partial charge on any atom is -0.477 e. The molecule has 202 valence electrons. The van der Waals surface area contributed by atoms with Gasteiger partial charge in [-0.15, -0.1) is 0 Å². The van der Waals surface area contributed by atoms with Crippen molar-refractivity contribution in [2.45, 2.75) is 84.9 Å². The zero-order valence-electron chi connectivity index (χ0n) is 21.6. The van der Waals surface area contributed by atoms with Gasteiger partial charge in [0.25, 0.3) is 5.72 Å². The molecule has 11 nitrogen and oxygen atoms in total. The van der Waals surface area contributed by atoms with E-state index < -0.39 is 30.0 Å². The fourth-order valence-corrected chi connectivity index (χ4v) is 2.97. The van der Waals surface area contributed by atoms with Crippen molar-refractivity contribution in [3.63, 3.8) is 0 Å². The highest BCUT2D eigenvalue weighted by atomic mass is 16.7. The van der Waals surface area contributed by atoms with Crippen LogP contribution in [0.3, 0.4) is 0 Å². The third-order valence-electron chi connectivity index (χ3n) is 4.88. The lowest BCUT2D eigenvalue weighted by Crippen LogP contribution is -2.59. The number of carbonyl (C=O) groups excluding carboxylic acids is 3.